The number of methoxy groups -OCH3 is 1. The van der Waals surface area contributed by atoms with Gasteiger partial charge in [-0.3, -0.25) is 9.69 Å². The van der Waals surface area contributed by atoms with Crippen molar-refractivity contribution in [3.05, 3.63) is 63.9 Å². The summed E-state index contributed by atoms with van der Waals surface area (Å²) < 4.78 is 6.28. The molecule has 8 heteroatoms. The number of aromatic nitrogens is 2. The van der Waals surface area contributed by atoms with Crippen molar-refractivity contribution in [2.45, 2.75) is 6.54 Å². The molecular weight excluding hydrogens is 428 g/mol. The molecule has 5 rings (SSSR count). The van der Waals surface area contributed by atoms with Gasteiger partial charge in [0, 0.05) is 37.1 Å². The van der Waals surface area contributed by atoms with Crippen LogP contribution in [0.4, 0.5) is 0 Å². The topological polar surface area (TPSA) is 58.6 Å². The van der Waals surface area contributed by atoms with E-state index in [1.54, 1.807) is 18.4 Å². The summed E-state index contributed by atoms with van der Waals surface area (Å²) in [6, 6.07) is 15.9. The molecule has 1 amide bonds. The number of amides is 1. The van der Waals surface area contributed by atoms with Gasteiger partial charge in [-0.15, -0.1) is 22.7 Å². The second-order valence-corrected chi connectivity index (χ2v) is 9.38. The zero-order chi connectivity index (χ0) is 21.2. The van der Waals surface area contributed by atoms with Crippen molar-refractivity contribution in [1.82, 2.24) is 19.8 Å². The Morgan fingerprint density at radius 2 is 1.81 bits per heavy atom. The van der Waals surface area contributed by atoms with Crippen molar-refractivity contribution in [3.8, 4) is 17.0 Å². The molecule has 0 bridgehead atoms. The number of ether oxygens (including phenoxy) is 1. The molecule has 0 aliphatic carbocycles. The molecule has 6 nitrogen and oxygen atoms in total. The third-order valence-electron chi connectivity index (χ3n) is 5.43. The largest absolute Gasteiger partial charge is 0.497 e. The van der Waals surface area contributed by atoms with Crippen molar-refractivity contribution in [2.24, 2.45) is 0 Å². The number of carbonyl (C=O) groups is 1. The summed E-state index contributed by atoms with van der Waals surface area (Å²) in [5.41, 5.74) is 2.98. The molecule has 0 radical (unpaired) electrons. The minimum absolute atomic E-state index is 0.0388. The molecule has 2 aromatic carbocycles. The van der Waals surface area contributed by atoms with E-state index in [0.717, 1.165) is 51.9 Å². The first-order valence-electron chi connectivity index (χ1n) is 10.2. The maximum atomic E-state index is 12.9. The highest BCUT2D eigenvalue weighted by Crippen LogP contribution is 2.26. The highest BCUT2D eigenvalue weighted by atomic mass is 32.1. The van der Waals surface area contributed by atoms with Crippen molar-refractivity contribution in [2.75, 3.05) is 33.3 Å². The van der Waals surface area contributed by atoms with E-state index in [2.05, 4.69) is 15.3 Å². The summed E-state index contributed by atoms with van der Waals surface area (Å²) in [4.78, 5) is 26.5. The van der Waals surface area contributed by atoms with Crippen LogP contribution in [0.1, 0.15) is 14.8 Å². The highest BCUT2D eigenvalue weighted by Gasteiger charge is 2.25. The Morgan fingerprint density at radius 1 is 1.03 bits per heavy atom. The number of thiazole rings is 2. The summed E-state index contributed by atoms with van der Waals surface area (Å²) >= 11 is 3.15. The van der Waals surface area contributed by atoms with Gasteiger partial charge in [0.05, 0.1) is 29.6 Å². The Balaban J connectivity index is 1.18. The van der Waals surface area contributed by atoms with Crippen molar-refractivity contribution < 1.29 is 9.53 Å². The number of nitrogens with zero attached hydrogens (tertiary/aromatic N) is 4. The number of hydrogen-bond acceptors (Lipinski definition) is 7. The molecule has 1 aliphatic rings. The van der Waals surface area contributed by atoms with E-state index in [1.807, 2.05) is 53.4 Å². The highest BCUT2D eigenvalue weighted by molar-refractivity contribution is 7.20. The molecule has 0 N–H and O–H groups in total. The zero-order valence-corrected chi connectivity index (χ0v) is 18.8. The van der Waals surface area contributed by atoms with E-state index in [1.165, 1.54) is 11.3 Å². The third kappa shape index (κ3) is 4.32. The van der Waals surface area contributed by atoms with Crippen LogP contribution in [-0.2, 0) is 6.54 Å². The van der Waals surface area contributed by atoms with E-state index < -0.39 is 0 Å². The summed E-state index contributed by atoms with van der Waals surface area (Å²) in [6.45, 7) is 3.92. The predicted molar refractivity (Wildman–Crippen MR) is 125 cm³/mol. The van der Waals surface area contributed by atoms with Crippen LogP contribution in [-0.4, -0.2) is 59.0 Å². The molecular formula is C23H22N4O2S2. The number of benzene rings is 2. The monoisotopic (exact) mass is 450 g/mol. The number of piperazine rings is 1. The van der Waals surface area contributed by atoms with Crippen molar-refractivity contribution >= 4 is 38.8 Å². The number of rotatable bonds is 5. The van der Waals surface area contributed by atoms with Gasteiger partial charge in [0.2, 0.25) is 0 Å². The number of fused-ring (bicyclic) bond motifs is 1. The second-order valence-electron chi connectivity index (χ2n) is 7.41. The molecule has 3 heterocycles. The van der Waals surface area contributed by atoms with Crippen LogP contribution in [0, 0.1) is 0 Å². The average Bonchev–Trinajstić information content (AvgIpc) is 3.46. The normalized spacial score (nSPS) is 14.8. The fourth-order valence-corrected chi connectivity index (χ4v) is 5.46. The van der Waals surface area contributed by atoms with Crippen LogP contribution in [0.15, 0.2) is 53.9 Å². The van der Waals surface area contributed by atoms with Gasteiger partial charge in [0.1, 0.15) is 10.8 Å². The number of carbonyl (C=O) groups excluding carboxylic acids is 1. The summed E-state index contributed by atoms with van der Waals surface area (Å²) in [5.74, 6) is 0.884. The number of para-hydroxylation sites is 1. The standard InChI is InChI=1S/C23H22N4O2S2/c1-29-17-8-6-16(7-9-17)19-15-30-21(24-19)14-26-10-12-27(13-11-26)23(28)22-25-18-4-2-3-5-20(18)31-22/h2-9,15H,10-14H2,1H3. The van der Waals surface area contributed by atoms with Crippen LogP contribution < -0.4 is 4.74 Å². The van der Waals surface area contributed by atoms with Crippen molar-refractivity contribution in [1.29, 1.82) is 0 Å². The molecule has 0 spiro atoms. The Hall–Kier alpha value is -2.81. The SMILES string of the molecule is COc1ccc(-c2csc(CN3CCN(C(=O)c4nc5ccccc5s4)CC3)n2)cc1. The van der Waals surface area contributed by atoms with Crippen LogP contribution in [0.25, 0.3) is 21.5 Å². The fourth-order valence-electron chi connectivity index (χ4n) is 3.68. The summed E-state index contributed by atoms with van der Waals surface area (Å²) in [5, 5.41) is 3.78. The Kier molecular flexibility index (Phi) is 5.67. The van der Waals surface area contributed by atoms with Crippen LogP contribution in [0.5, 0.6) is 5.75 Å². The average molecular weight is 451 g/mol. The van der Waals surface area contributed by atoms with E-state index in [-0.39, 0.29) is 5.91 Å². The van der Waals surface area contributed by atoms with E-state index >= 15 is 0 Å². The molecule has 0 unspecified atom stereocenters. The third-order valence-corrected chi connectivity index (χ3v) is 7.29. The lowest BCUT2D eigenvalue weighted by Gasteiger charge is -2.33. The minimum atomic E-state index is 0.0388. The lowest BCUT2D eigenvalue weighted by atomic mass is 10.2. The second kappa shape index (κ2) is 8.74. The minimum Gasteiger partial charge on any atom is -0.497 e. The molecule has 1 fully saturated rings. The molecule has 0 saturated carbocycles. The smallest absolute Gasteiger partial charge is 0.282 e. The van der Waals surface area contributed by atoms with Gasteiger partial charge in [-0.1, -0.05) is 12.1 Å². The lowest BCUT2D eigenvalue weighted by Crippen LogP contribution is -2.48. The summed E-state index contributed by atoms with van der Waals surface area (Å²) in [6.07, 6.45) is 0. The van der Waals surface area contributed by atoms with Gasteiger partial charge < -0.3 is 9.64 Å². The van der Waals surface area contributed by atoms with Gasteiger partial charge in [0.25, 0.3) is 5.91 Å². The van der Waals surface area contributed by atoms with Crippen LogP contribution in [0.2, 0.25) is 0 Å². The van der Waals surface area contributed by atoms with Gasteiger partial charge in [-0.2, -0.15) is 0 Å². The van der Waals surface area contributed by atoms with Crippen molar-refractivity contribution in [3.63, 3.8) is 0 Å². The summed E-state index contributed by atoms with van der Waals surface area (Å²) in [7, 11) is 1.67. The lowest BCUT2D eigenvalue weighted by molar-refractivity contribution is 0.0628. The zero-order valence-electron chi connectivity index (χ0n) is 17.2. The van der Waals surface area contributed by atoms with Gasteiger partial charge >= 0.3 is 0 Å². The van der Waals surface area contributed by atoms with Crippen LogP contribution in [0.3, 0.4) is 0 Å². The Labute approximate surface area is 188 Å². The molecule has 1 aliphatic heterocycles. The first-order valence-corrected chi connectivity index (χ1v) is 11.9. The van der Waals surface area contributed by atoms with Gasteiger partial charge in [-0.25, -0.2) is 9.97 Å². The van der Waals surface area contributed by atoms with Gasteiger partial charge in [-0.05, 0) is 36.4 Å². The molecule has 4 aromatic rings. The Morgan fingerprint density at radius 3 is 2.55 bits per heavy atom. The molecule has 2 aromatic heterocycles. The number of hydrogen-bond donors (Lipinski definition) is 0. The molecule has 31 heavy (non-hydrogen) atoms. The molecule has 1 saturated heterocycles. The fraction of sp³-hybridized carbons (Fsp3) is 0.261. The van der Waals surface area contributed by atoms with E-state index in [4.69, 9.17) is 9.72 Å². The van der Waals surface area contributed by atoms with Gasteiger partial charge in [0.15, 0.2) is 5.01 Å². The van der Waals surface area contributed by atoms with E-state index in [9.17, 15) is 4.79 Å². The maximum absolute atomic E-state index is 12.9. The first-order chi connectivity index (χ1) is 15.2. The predicted octanol–water partition coefficient (Wildman–Crippen LogP) is 4.39. The van der Waals surface area contributed by atoms with Crippen LogP contribution >= 0.6 is 22.7 Å². The molecule has 158 valence electrons. The first kappa shape index (κ1) is 20.1. The maximum Gasteiger partial charge on any atom is 0.282 e. The Bertz CT molecular complexity index is 1160. The quantitative estimate of drug-likeness (QED) is 0.451. The molecule has 0 atom stereocenters. The van der Waals surface area contributed by atoms with E-state index in [0.29, 0.717) is 18.1 Å².